The van der Waals surface area contributed by atoms with Gasteiger partial charge in [0.25, 0.3) is 0 Å². The van der Waals surface area contributed by atoms with Gasteiger partial charge in [0, 0.05) is 18.9 Å². The molecule has 0 saturated heterocycles. The van der Waals surface area contributed by atoms with Gasteiger partial charge in [-0.2, -0.15) is 0 Å². The molecule has 1 N–H and O–H groups in total. The minimum atomic E-state index is 0.243. The molecule has 1 aliphatic rings. The topological polar surface area (TPSA) is 43.4 Å². The SMILES string of the molecule is Clc1cc(CNCCc2cccnc2)cc2c1OCO2. The van der Waals surface area contributed by atoms with Gasteiger partial charge < -0.3 is 14.8 Å². The number of fused-ring (bicyclic) bond motifs is 1. The number of benzene rings is 1. The smallest absolute Gasteiger partial charge is 0.231 e. The Morgan fingerprint density at radius 1 is 1.25 bits per heavy atom. The van der Waals surface area contributed by atoms with Crippen molar-refractivity contribution in [1.29, 1.82) is 0 Å². The molecule has 2 heterocycles. The number of pyridine rings is 1. The van der Waals surface area contributed by atoms with Crippen molar-refractivity contribution in [2.24, 2.45) is 0 Å². The highest BCUT2D eigenvalue weighted by molar-refractivity contribution is 6.32. The molecule has 0 spiro atoms. The first-order valence-electron chi connectivity index (χ1n) is 6.50. The maximum Gasteiger partial charge on any atom is 0.231 e. The number of nitrogens with zero attached hydrogens (tertiary/aromatic N) is 1. The summed E-state index contributed by atoms with van der Waals surface area (Å²) in [6.07, 6.45) is 4.62. The zero-order valence-electron chi connectivity index (χ0n) is 10.9. The first-order valence-corrected chi connectivity index (χ1v) is 6.88. The first-order chi connectivity index (χ1) is 9.83. The van der Waals surface area contributed by atoms with Crippen molar-refractivity contribution in [1.82, 2.24) is 10.3 Å². The number of aromatic nitrogens is 1. The standard InChI is InChI=1S/C15H15ClN2O2/c16-13-6-12(7-14-15(13)20-10-19-14)9-18-5-3-11-2-1-4-17-8-11/h1-2,4,6-8,18H,3,5,9-10H2. The Kier molecular flexibility index (Phi) is 4.04. The Balaban J connectivity index is 1.53. The van der Waals surface area contributed by atoms with Crippen LogP contribution in [0.3, 0.4) is 0 Å². The van der Waals surface area contributed by atoms with Crippen molar-refractivity contribution >= 4 is 11.6 Å². The van der Waals surface area contributed by atoms with Crippen LogP contribution in [0.15, 0.2) is 36.7 Å². The molecule has 3 rings (SSSR count). The molecule has 0 atom stereocenters. The molecule has 0 aliphatic carbocycles. The molecular weight excluding hydrogens is 276 g/mol. The lowest BCUT2D eigenvalue weighted by Crippen LogP contribution is -2.16. The first kappa shape index (κ1) is 13.2. The molecule has 0 bridgehead atoms. The summed E-state index contributed by atoms with van der Waals surface area (Å²) in [7, 11) is 0. The summed E-state index contributed by atoms with van der Waals surface area (Å²) in [5.41, 5.74) is 2.31. The predicted molar refractivity (Wildman–Crippen MR) is 77.2 cm³/mol. The fourth-order valence-electron chi connectivity index (χ4n) is 2.13. The lowest BCUT2D eigenvalue weighted by atomic mass is 10.2. The van der Waals surface area contributed by atoms with E-state index in [2.05, 4.69) is 16.4 Å². The zero-order valence-corrected chi connectivity index (χ0v) is 11.7. The van der Waals surface area contributed by atoms with Crippen LogP contribution in [0.25, 0.3) is 0 Å². The Labute approximate surface area is 122 Å². The fraction of sp³-hybridized carbons (Fsp3) is 0.267. The molecule has 1 aliphatic heterocycles. The van der Waals surface area contributed by atoms with Crippen LogP contribution in [-0.2, 0) is 13.0 Å². The number of rotatable bonds is 5. The van der Waals surface area contributed by atoms with Gasteiger partial charge in [-0.25, -0.2) is 0 Å². The van der Waals surface area contributed by atoms with E-state index in [9.17, 15) is 0 Å². The van der Waals surface area contributed by atoms with Gasteiger partial charge in [-0.15, -0.1) is 0 Å². The second-order valence-electron chi connectivity index (χ2n) is 4.60. The number of hydrogen-bond acceptors (Lipinski definition) is 4. The minimum absolute atomic E-state index is 0.243. The third-order valence-corrected chi connectivity index (χ3v) is 3.41. The number of halogens is 1. The van der Waals surface area contributed by atoms with Crippen LogP contribution in [0.1, 0.15) is 11.1 Å². The van der Waals surface area contributed by atoms with Gasteiger partial charge in [0.05, 0.1) is 5.02 Å². The highest BCUT2D eigenvalue weighted by Crippen LogP contribution is 2.39. The van der Waals surface area contributed by atoms with Crippen molar-refractivity contribution < 1.29 is 9.47 Å². The molecule has 1 aromatic heterocycles. The van der Waals surface area contributed by atoms with Crippen LogP contribution < -0.4 is 14.8 Å². The van der Waals surface area contributed by atoms with E-state index in [1.807, 2.05) is 24.4 Å². The van der Waals surface area contributed by atoms with E-state index < -0.39 is 0 Å². The van der Waals surface area contributed by atoms with Crippen LogP contribution in [-0.4, -0.2) is 18.3 Å². The summed E-state index contributed by atoms with van der Waals surface area (Å²) in [5.74, 6) is 1.37. The highest BCUT2D eigenvalue weighted by atomic mass is 35.5. The summed E-state index contributed by atoms with van der Waals surface area (Å²) in [6.45, 7) is 1.88. The van der Waals surface area contributed by atoms with Crippen molar-refractivity contribution in [2.45, 2.75) is 13.0 Å². The normalized spacial score (nSPS) is 12.7. The lowest BCUT2D eigenvalue weighted by molar-refractivity contribution is 0.174. The van der Waals surface area contributed by atoms with E-state index in [1.54, 1.807) is 6.20 Å². The maximum absolute atomic E-state index is 6.14. The van der Waals surface area contributed by atoms with E-state index in [1.165, 1.54) is 5.56 Å². The van der Waals surface area contributed by atoms with Gasteiger partial charge in [-0.05, 0) is 42.3 Å². The fourth-order valence-corrected chi connectivity index (χ4v) is 2.42. The molecule has 2 aromatic rings. The lowest BCUT2D eigenvalue weighted by Gasteiger charge is -2.07. The monoisotopic (exact) mass is 290 g/mol. The summed E-state index contributed by atoms with van der Waals surface area (Å²) in [6, 6.07) is 7.90. The summed E-state index contributed by atoms with van der Waals surface area (Å²) < 4.78 is 10.6. The molecule has 5 heteroatoms. The molecule has 4 nitrogen and oxygen atoms in total. The van der Waals surface area contributed by atoms with Crippen LogP contribution in [0.5, 0.6) is 11.5 Å². The van der Waals surface area contributed by atoms with E-state index in [-0.39, 0.29) is 6.79 Å². The quantitative estimate of drug-likeness (QED) is 0.860. The molecule has 0 radical (unpaired) electrons. The Bertz CT molecular complexity index is 590. The molecule has 0 amide bonds. The van der Waals surface area contributed by atoms with Crippen molar-refractivity contribution in [3.05, 3.63) is 52.8 Å². The minimum Gasteiger partial charge on any atom is -0.454 e. The number of hydrogen-bond donors (Lipinski definition) is 1. The second kappa shape index (κ2) is 6.11. The third kappa shape index (κ3) is 3.03. The van der Waals surface area contributed by atoms with Gasteiger partial charge in [0.2, 0.25) is 6.79 Å². The number of ether oxygens (including phenoxy) is 2. The van der Waals surface area contributed by atoms with Gasteiger partial charge in [0.1, 0.15) is 0 Å². The molecule has 104 valence electrons. The highest BCUT2D eigenvalue weighted by Gasteiger charge is 2.17. The summed E-state index contributed by atoms with van der Waals surface area (Å²) >= 11 is 6.14. The van der Waals surface area contributed by atoms with E-state index >= 15 is 0 Å². The molecule has 20 heavy (non-hydrogen) atoms. The van der Waals surface area contributed by atoms with Gasteiger partial charge >= 0.3 is 0 Å². The van der Waals surface area contributed by atoms with Crippen molar-refractivity contribution in [2.75, 3.05) is 13.3 Å². The second-order valence-corrected chi connectivity index (χ2v) is 5.01. The average Bonchev–Trinajstić information content (AvgIpc) is 2.94. The van der Waals surface area contributed by atoms with Crippen LogP contribution >= 0.6 is 11.6 Å². The van der Waals surface area contributed by atoms with Crippen molar-refractivity contribution in [3.63, 3.8) is 0 Å². The van der Waals surface area contributed by atoms with Crippen LogP contribution in [0, 0.1) is 0 Å². The van der Waals surface area contributed by atoms with E-state index in [0.717, 1.165) is 30.8 Å². The summed E-state index contributed by atoms with van der Waals surface area (Å²) in [4.78, 5) is 4.10. The number of nitrogens with one attached hydrogen (secondary N) is 1. The zero-order chi connectivity index (χ0) is 13.8. The molecule has 0 saturated carbocycles. The van der Waals surface area contributed by atoms with Crippen LogP contribution in [0.4, 0.5) is 0 Å². The van der Waals surface area contributed by atoms with Crippen LogP contribution in [0.2, 0.25) is 5.02 Å². The largest absolute Gasteiger partial charge is 0.454 e. The Morgan fingerprint density at radius 3 is 3.05 bits per heavy atom. The molecule has 0 unspecified atom stereocenters. The Morgan fingerprint density at radius 2 is 2.20 bits per heavy atom. The summed E-state index contributed by atoms with van der Waals surface area (Å²) in [5, 5.41) is 3.99. The molecular formula is C15H15ClN2O2. The third-order valence-electron chi connectivity index (χ3n) is 3.13. The maximum atomic E-state index is 6.14. The predicted octanol–water partition coefficient (Wildman–Crippen LogP) is 2.80. The van der Waals surface area contributed by atoms with Gasteiger partial charge in [-0.1, -0.05) is 17.7 Å². The van der Waals surface area contributed by atoms with Gasteiger partial charge in [0.15, 0.2) is 11.5 Å². The van der Waals surface area contributed by atoms with E-state index in [0.29, 0.717) is 10.8 Å². The van der Waals surface area contributed by atoms with Gasteiger partial charge in [-0.3, -0.25) is 4.98 Å². The van der Waals surface area contributed by atoms with Crippen molar-refractivity contribution in [3.8, 4) is 11.5 Å². The molecule has 1 aromatic carbocycles. The molecule has 0 fully saturated rings. The average molecular weight is 291 g/mol. The Hall–Kier alpha value is -1.78. The van der Waals surface area contributed by atoms with E-state index in [4.69, 9.17) is 21.1 Å².